The molecule has 0 aliphatic carbocycles. The molecule has 1 heterocycles. The minimum absolute atomic E-state index is 0.0400. The quantitative estimate of drug-likeness (QED) is 0.633. The van der Waals surface area contributed by atoms with E-state index in [0.29, 0.717) is 37.3 Å². The fraction of sp³-hybridized carbons (Fsp3) is 0.182. The molecule has 0 atom stereocenters. The maximum atomic E-state index is 12.1. The van der Waals surface area contributed by atoms with Crippen LogP contribution in [0.3, 0.4) is 0 Å². The molecule has 0 unspecified atom stereocenters. The number of amides is 2. The van der Waals surface area contributed by atoms with Gasteiger partial charge in [-0.1, -0.05) is 60.7 Å². The molecule has 0 radical (unpaired) electrons. The van der Waals surface area contributed by atoms with Crippen molar-refractivity contribution in [2.24, 2.45) is 5.73 Å². The van der Waals surface area contributed by atoms with Crippen LogP contribution in [-0.4, -0.2) is 28.3 Å². The predicted molar refractivity (Wildman–Crippen MR) is 107 cm³/mol. The molecule has 1 aromatic heterocycles. The molecule has 0 bridgehead atoms. The molecule has 0 spiro atoms. The van der Waals surface area contributed by atoms with Crippen molar-refractivity contribution in [2.75, 3.05) is 6.54 Å². The second kappa shape index (κ2) is 9.41. The molecule has 2 aromatic carbocycles. The van der Waals surface area contributed by atoms with Crippen LogP contribution in [0.25, 0.3) is 11.4 Å². The van der Waals surface area contributed by atoms with Gasteiger partial charge in [0.15, 0.2) is 5.82 Å². The number of nitrogens with zero attached hydrogens (tertiary/aromatic N) is 2. The van der Waals surface area contributed by atoms with Crippen molar-refractivity contribution in [2.45, 2.75) is 19.3 Å². The second-order valence-electron chi connectivity index (χ2n) is 6.37. The van der Waals surface area contributed by atoms with Crippen LogP contribution in [-0.2, 0) is 17.6 Å². The Labute approximate surface area is 163 Å². The van der Waals surface area contributed by atoms with E-state index >= 15 is 0 Å². The molecule has 3 aromatic rings. The Kier molecular flexibility index (Phi) is 6.46. The van der Waals surface area contributed by atoms with E-state index in [1.165, 1.54) is 6.20 Å². The summed E-state index contributed by atoms with van der Waals surface area (Å²) < 4.78 is 0. The molecule has 6 heteroatoms. The van der Waals surface area contributed by atoms with Crippen LogP contribution in [0, 0.1) is 0 Å². The van der Waals surface area contributed by atoms with Crippen molar-refractivity contribution in [3.63, 3.8) is 0 Å². The summed E-state index contributed by atoms with van der Waals surface area (Å²) in [6, 6.07) is 19.4. The van der Waals surface area contributed by atoms with Crippen molar-refractivity contribution in [1.82, 2.24) is 15.3 Å². The predicted octanol–water partition coefficient (Wildman–Crippen LogP) is 2.53. The highest BCUT2D eigenvalue weighted by Crippen LogP contribution is 2.16. The number of primary amides is 1. The number of carbonyl (C=O) groups excluding carboxylic acids is 2. The van der Waals surface area contributed by atoms with Gasteiger partial charge in [-0.25, -0.2) is 9.97 Å². The molecular formula is C22H22N4O2. The summed E-state index contributed by atoms with van der Waals surface area (Å²) in [6.07, 6.45) is 2.94. The standard InChI is InChI=1S/C22H22N4O2/c23-21(28)18-15-25-22(17-9-5-2-6-10-17)26-19(18)13-14-24-20(27)12-11-16-7-3-1-4-8-16/h1-10,15H,11-14H2,(H2,23,28)(H,24,27). The number of rotatable bonds is 8. The first-order valence-corrected chi connectivity index (χ1v) is 9.15. The summed E-state index contributed by atoms with van der Waals surface area (Å²) in [5.41, 5.74) is 8.22. The van der Waals surface area contributed by atoms with Gasteiger partial charge in [0.1, 0.15) is 0 Å². The third-order valence-corrected chi connectivity index (χ3v) is 4.33. The smallest absolute Gasteiger partial charge is 0.252 e. The van der Waals surface area contributed by atoms with E-state index in [9.17, 15) is 9.59 Å². The summed E-state index contributed by atoms with van der Waals surface area (Å²) in [4.78, 5) is 32.5. The fourth-order valence-electron chi connectivity index (χ4n) is 2.85. The third-order valence-electron chi connectivity index (χ3n) is 4.33. The van der Waals surface area contributed by atoms with Crippen LogP contribution < -0.4 is 11.1 Å². The van der Waals surface area contributed by atoms with Crippen LogP contribution in [0.4, 0.5) is 0 Å². The number of nitrogens with one attached hydrogen (secondary N) is 1. The highest BCUT2D eigenvalue weighted by Gasteiger charge is 2.13. The number of aryl methyl sites for hydroxylation is 1. The Morgan fingerprint density at radius 3 is 2.29 bits per heavy atom. The first-order valence-electron chi connectivity index (χ1n) is 9.15. The highest BCUT2D eigenvalue weighted by molar-refractivity contribution is 5.93. The molecule has 3 N–H and O–H groups in total. The number of aromatic nitrogens is 2. The van der Waals surface area contributed by atoms with Gasteiger partial charge in [-0.05, 0) is 12.0 Å². The van der Waals surface area contributed by atoms with E-state index in [1.54, 1.807) is 0 Å². The SMILES string of the molecule is NC(=O)c1cnc(-c2ccccc2)nc1CCNC(=O)CCc1ccccc1. The number of hydrogen-bond donors (Lipinski definition) is 2. The van der Waals surface area contributed by atoms with E-state index in [-0.39, 0.29) is 11.5 Å². The van der Waals surface area contributed by atoms with Crippen LogP contribution in [0.15, 0.2) is 66.9 Å². The van der Waals surface area contributed by atoms with Gasteiger partial charge in [0, 0.05) is 31.1 Å². The van der Waals surface area contributed by atoms with Gasteiger partial charge in [0.25, 0.3) is 5.91 Å². The van der Waals surface area contributed by atoms with E-state index in [1.807, 2.05) is 60.7 Å². The number of carbonyl (C=O) groups is 2. The maximum Gasteiger partial charge on any atom is 0.252 e. The van der Waals surface area contributed by atoms with E-state index < -0.39 is 5.91 Å². The maximum absolute atomic E-state index is 12.1. The molecule has 28 heavy (non-hydrogen) atoms. The van der Waals surface area contributed by atoms with Crippen molar-refractivity contribution >= 4 is 11.8 Å². The van der Waals surface area contributed by atoms with Gasteiger partial charge in [-0.2, -0.15) is 0 Å². The Balaban J connectivity index is 1.61. The van der Waals surface area contributed by atoms with Gasteiger partial charge >= 0.3 is 0 Å². The molecule has 6 nitrogen and oxygen atoms in total. The summed E-state index contributed by atoms with van der Waals surface area (Å²) in [7, 11) is 0. The zero-order valence-electron chi connectivity index (χ0n) is 15.5. The summed E-state index contributed by atoms with van der Waals surface area (Å²) in [5, 5.41) is 2.88. The van der Waals surface area contributed by atoms with Crippen LogP contribution >= 0.6 is 0 Å². The lowest BCUT2D eigenvalue weighted by Gasteiger charge is -2.09. The van der Waals surface area contributed by atoms with Crippen molar-refractivity contribution < 1.29 is 9.59 Å². The van der Waals surface area contributed by atoms with Crippen LogP contribution in [0.5, 0.6) is 0 Å². The average Bonchev–Trinajstić information content (AvgIpc) is 2.73. The number of nitrogens with two attached hydrogens (primary N) is 1. The zero-order valence-corrected chi connectivity index (χ0v) is 15.5. The largest absolute Gasteiger partial charge is 0.365 e. The van der Waals surface area contributed by atoms with Gasteiger partial charge in [0.05, 0.1) is 11.3 Å². The average molecular weight is 374 g/mol. The molecule has 0 saturated carbocycles. The normalized spacial score (nSPS) is 10.4. The van der Waals surface area contributed by atoms with E-state index in [0.717, 1.165) is 11.1 Å². The molecule has 142 valence electrons. The second-order valence-corrected chi connectivity index (χ2v) is 6.37. The Bertz CT molecular complexity index is 943. The van der Waals surface area contributed by atoms with E-state index in [4.69, 9.17) is 5.73 Å². The lowest BCUT2D eigenvalue weighted by molar-refractivity contribution is -0.121. The van der Waals surface area contributed by atoms with Gasteiger partial charge in [-0.3, -0.25) is 9.59 Å². The Morgan fingerprint density at radius 1 is 0.929 bits per heavy atom. The molecule has 0 fully saturated rings. The molecular weight excluding hydrogens is 352 g/mol. The molecule has 2 amide bonds. The van der Waals surface area contributed by atoms with Crippen LogP contribution in [0.2, 0.25) is 0 Å². The fourth-order valence-corrected chi connectivity index (χ4v) is 2.85. The molecule has 0 aliphatic heterocycles. The number of hydrogen-bond acceptors (Lipinski definition) is 4. The Morgan fingerprint density at radius 2 is 1.61 bits per heavy atom. The molecule has 0 saturated heterocycles. The van der Waals surface area contributed by atoms with Gasteiger partial charge < -0.3 is 11.1 Å². The lowest BCUT2D eigenvalue weighted by Crippen LogP contribution is -2.27. The monoisotopic (exact) mass is 374 g/mol. The lowest BCUT2D eigenvalue weighted by atomic mass is 10.1. The third kappa shape index (κ3) is 5.23. The van der Waals surface area contributed by atoms with E-state index in [2.05, 4.69) is 15.3 Å². The molecule has 3 rings (SSSR count). The van der Waals surface area contributed by atoms with Crippen molar-refractivity contribution in [3.05, 3.63) is 83.7 Å². The minimum Gasteiger partial charge on any atom is -0.365 e. The van der Waals surface area contributed by atoms with Crippen molar-refractivity contribution in [1.29, 1.82) is 0 Å². The first kappa shape index (κ1) is 19.2. The summed E-state index contributed by atoms with van der Waals surface area (Å²) >= 11 is 0. The van der Waals surface area contributed by atoms with Gasteiger partial charge in [0.2, 0.25) is 5.91 Å². The van der Waals surface area contributed by atoms with Crippen LogP contribution in [0.1, 0.15) is 28.0 Å². The first-order chi connectivity index (χ1) is 13.6. The topological polar surface area (TPSA) is 98.0 Å². The summed E-state index contributed by atoms with van der Waals surface area (Å²) in [5.74, 6) is -0.0946. The van der Waals surface area contributed by atoms with Crippen molar-refractivity contribution in [3.8, 4) is 11.4 Å². The molecule has 0 aliphatic rings. The van der Waals surface area contributed by atoms with Gasteiger partial charge in [-0.15, -0.1) is 0 Å². The Hall–Kier alpha value is -3.54. The minimum atomic E-state index is -0.579. The summed E-state index contributed by atoms with van der Waals surface area (Å²) in [6.45, 7) is 0.374. The zero-order chi connectivity index (χ0) is 19.8. The highest BCUT2D eigenvalue weighted by atomic mass is 16.1. The number of benzene rings is 2.